The number of rotatable bonds is 3. The number of carbonyl (C=O) groups excluding carboxylic acids is 2. The summed E-state index contributed by atoms with van der Waals surface area (Å²) in [6.45, 7) is 2.13. The van der Waals surface area contributed by atoms with Gasteiger partial charge in [0.15, 0.2) is 5.60 Å². The molecule has 19 heavy (non-hydrogen) atoms. The van der Waals surface area contributed by atoms with E-state index in [0.717, 1.165) is 5.56 Å². The second kappa shape index (κ2) is 4.37. The van der Waals surface area contributed by atoms with Crippen LogP contribution in [-0.4, -0.2) is 18.5 Å². The predicted octanol–water partition coefficient (Wildman–Crippen LogP) is 2.03. The Morgan fingerprint density at radius 3 is 2.74 bits per heavy atom. The molecular formula is C15H16O4. The van der Waals surface area contributed by atoms with Crippen LogP contribution in [0.2, 0.25) is 0 Å². The van der Waals surface area contributed by atoms with Crippen molar-refractivity contribution in [2.24, 2.45) is 11.8 Å². The highest BCUT2D eigenvalue weighted by Crippen LogP contribution is 2.58. The van der Waals surface area contributed by atoms with Gasteiger partial charge < -0.3 is 9.47 Å². The van der Waals surface area contributed by atoms with Gasteiger partial charge in [0.25, 0.3) is 0 Å². The Morgan fingerprint density at radius 2 is 2.11 bits per heavy atom. The van der Waals surface area contributed by atoms with Gasteiger partial charge in [-0.2, -0.15) is 0 Å². The summed E-state index contributed by atoms with van der Waals surface area (Å²) >= 11 is 0. The van der Waals surface area contributed by atoms with Gasteiger partial charge in [0, 0.05) is 0 Å². The minimum Gasteiger partial charge on any atom is -0.466 e. The van der Waals surface area contributed by atoms with Crippen LogP contribution in [0.15, 0.2) is 30.3 Å². The third-order valence-corrected chi connectivity index (χ3v) is 4.13. The van der Waals surface area contributed by atoms with Gasteiger partial charge in [-0.25, -0.2) is 0 Å². The van der Waals surface area contributed by atoms with Crippen molar-refractivity contribution in [3.63, 3.8) is 0 Å². The van der Waals surface area contributed by atoms with Crippen LogP contribution in [-0.2, 0) is 24.7 Å². The van der Waals surface area contributed by atoms with Gasteiger partial charge in [0.05, 0.1) is 6.61 Å². The molecular weight excluding hydrogens is 244 g/mol. The second-order valence-corrected chi connectivity index (χ2v) is 5.01. The predicted molar refractivity (Wildman–Crippen MR) is 67.1 cm³/mol. The average Bonchev–Trinajstić information content (AvgIpc) is 2.73. The van der Waals surface area contributed by atoms with E-state index in [1.807, 2.05) is 30.3 Å². The third kappa shape index (κ3) is 1.59. The van der Waals surface area contributed by atoms with E-state index in [1.54, 1.807) is 6.92 Å². The lowest BCUT2D eigenvalue weighted by Crippen LogP contribution is -2.56. The monoisotopic (exact) mass is 260 g/mol. The van der Waals surface area contributed by atoms with Gasteiger partial charge in [-0.15, -0.1) is 0 Å². The molecule has 1 aromatic rings. The van der Waals surface area contributed by atoms with E-state index in [-0.39, 0.29) is 23.8 Å². The normalized spacial score (nSPS) is 32.2. The molecule has 3 rings (SSSR count). The largest absolute Gasteiger partial charge is 0.466 e. The minimum atomic E-state index is -0.787. The van der Waals surface area contributed by atoms with E-state index in [0.29, 0.717) is 19.4 Å². The molecule has 2 fully saturated rings. The molecule has 1 saturated carbocycles. The maximum Gasteiger partial charge on any atom is 0.314 e. The van der Waals surface area contributed by atoms with E-state index in [2.05, 4.69) is 0 Å². The zero-order chi connectivity index (χ0) is 13.5. The lowest BCUT2D eigenvalue weighted by molar-refractivity contribution is -0.221. The zero-order valence-electron chi connectivity index (χ0n) is 10.8. The first kappa shape index (κ1) is 12.2. The van der Waals surface area contributed by atoms with Crippen molar-refractivity contribution in [1.29, 1.82) is 0 Å². The molecule has 3 atom stereocenters. The maximum absolute atomic E-state index is 12.1. The fourth-order valence-corrected chi connectivity index (χ4v) is 3.32. The lowest BCUT2D eigenvalue weighted by Gasteiger charge is -2.46. The molecule has 4 nitrogen and oxygen atoms in total. The Hall–Kier alpha value is -1.84. The summed E-state index contributed by atoms with van der Waals surface area (Å²) in [7, 11) is 0. The first-order valence-corrected chi connectivity index (χ1v) is 6.65. The van der Waals surface area contributed by atoms with Crippen LogP contribution in [0.3, 0.4) is 0 Å². The Labute approximate surface area is 111 Å². The third-order valence-electron chi connectivity index (χ3n) is 4.13. The van der Waals surface area contributed by atoms with Crippen LogP contribution in [0.5, 0.6) is 0 Å². The molecule has 1 aliphatic heterocycles. The maximum atomic E-state index is 12.1. The molecule has 4 heteroatoms. The molecule has 0 amide bonds. The summed E-state index contributed by atoms with van der Waals surface area (Å²) in [4.78, 5) is 23.7. The van der Waals surface area contributed by atoms with Crippen LogP contribution in [0.4, 0.5) is 0 Å². The Bertz CT molecular complexity index is 510. The summed E-state index contributed by atoms with van der Waals surface area (Å²) < 4.78 is 10.6. The number of ether oxygens (including phenoxy) is 2. The average molecular weight is 260 g/mol. The van der Waals surface area contributed by atoms with E-state index in [1.165, 1.54) is 0 Å². The molecule has 100 valence electrons. The molecule has 0 unspecified atom stereocenters. The summed E-state index contributed by atoms with van der Waals surface area (Å²) in [6, 6.07) is 9.53. The molecule has 1 aromatic carbocycles. The number of benzene rings is 1. The highest BCUT2D eigenvalue weighted by molar-refractivity contribution is 5.87. The van der Waals surface area contributed by atoms with E-state index < -0.39 is 5.60 Å². The van der Waals surface area contributed by atoms with Crippen molar-refractivity contribution >= 4 is 11.9 Å². The summed E-state index contributed by atoms with van der Waals surface area (Å²) in [6.07, 6.45) is 1.33. The molecule has 1 aliphatic carbocycles. The second-order valence-electron chi connectivity index (χ2n) is 5.01. The molecule has 0 N–H and O–H groups in total. The van der Waals surface area contributed by atoms with Crippen LogP contribution in [0.25, 0.3) is 0 Å². The fraction of sp³-hybridized carbons (Fsp3) is 0.467. The van der Waals surface area contributed by atoms with Crippen molar-refractivity contribution in [2.45, 2.75) is 25.4 Å². The van der Waals surface area contributed by atoms with E-state index in [4.69, 9.17) is 9.47 Å². The Kier molecular flexibility index (Phi) is 2.81. The summed E-state index contributed by atoms with van der Waals surface area (Å²) in [5.74, 6) is -1.04. The molecule has 0 aromatic heterocycles. The quantitative estimate of drug-likeness (QED) is 0.780. The number of fused-ring (bicyclic) bond motifs is 1. The van der Waals surface area contributed by atoms with Gasteiger partial charge >= 0.3 is 11.9 Å². The summed E-state index contributed by atoms with van der Waals surface area (Å²) in [5.41, 5.74) is 0.111. The van der Waals surface area contributed by atoms with Crippen molar-refractivity contribution in [3.05, 3.63) is 35.9 Å². The summed E-state index contributed by atoms with van der Waals surface area (Å²) in [5, 5.41) is 0. The standard InChI is InChI=1S/C15H16O4/c1-2-18-13(16)11-8-9-12-14(17)19-15(11,12)10-6-4-3-5-7-10/h3-7,11-12H,2,8-9H2,1H3/t11-,12+,15+/m0/s1. The first-order valence-electron chi connectivity index (χ1n) is 6.65. The van der Waals surface area contributed by atoms with Gasteiger partial charge in [0.2, 0.25) is 0 Å². The van der Waals surface area contributed by atoms with Gasteiger partial charge in [-0.1, -0.05) is 30.3 Å². The molecule has 2 aliphatic rings. The lowest BCUT2D eigenvalue weighted by atomic mass is 9.74. The van der Waals surface area contributed by atoms with Crippen LogP contribution >= 0.6 is 0 Å². The van der Waals surface area contributed by atoms with Gasteiger partial charge in [0.1, 0.15) is 11.8 Å². The first-order chi connectivity index (χ1) is 9.20. The molecule has 0 radical (unpaired) electrons. The zero-order valence-corrected chi connectivity index (χ0v) is 10.8. The highest BCUT2D eigenvalue weighted by Gasteiger charge is 2.67. The number of hydrogen-bond acceptors (Lipinski definition) is 4. The van der Waals surface area contributed by atoms with E-state index >= 15 is 0 Å². The number of esters is 2. The van der Waals surface area contributed by atoms with Crippen LogP contribution in [0.1, 0.15) is 25.3 Å². The highest BCUT2D eigenvalue weighted by atomic mass is 16.6. The smallest absolute Gasteiger partial charge is 0.314 e. The van der Waals surface area contributed by atoms with Crippen molar-refractivity contribution < 1.29 is 19.1 Å². The topological polar surface area (TPSA) is 52.6 Å². The van der Waals surface area contributed by atoms with E-state index in [9.17, 15) is 9.59 Å². The van der Waals surface area contributed by atoms with Crippen molar-refractivity contribution in [1.82, 2.24) is 0 Å². The number of hydrogen-bond donors (Lipinski definition) is 0. The van der Waals surface area contributed by atoms with Crippen molar-refractivity contribution in [3.8, 4) is 0 Å². The van der Waals surface area contributed by atoms with Crippen molar-refractivity contribution in [2.75, 3.05) is 6.61 Å². The van der Waals surface area contributed by atoms with Gasteiger partial charge in [-0.05, 0) is 25.3 Å². The fourth-order valence-electron chi connectivity index (χ4n) is 3.32. The van der Waals surface area contributed by atoms with Crippen LogP contribution in [0, 0.1) is 11.8 Å². The minimum absolute atomic E-state index is 0.198. The number of carbonyl (C=O) groups is 2. The molecule has 0 spiro atoms. The van der Waals surface area contributed by atoms with Gasteiger partial charge in [-0.3, -0.25) is 9.59 Å². The SMILES string of the molecule is CCOC(=O)[C@@H]1CC[C@@H]2C(=O)O[C@@]21c1ccccc1. The Balaban J connectivity index is 1.99. The van der Waals surface area contributed by atoms with Crippen LogP contribution < -0.4 is 0 Å². The molecule has 1 heterocycles. The molecule has 1 saturated heterocycles. The molecule has 0 bridgehead atoms. The Morgan fingerprint density at radius 1 is 1.37 bits per heavy atom.